The molecule has 0 fully saturated rings. The van der Waals surface area contributed by atoms with Crippen molar-refractivity contribution in [3.8, 4) is 5.75 Å². The van der Waals surface area contributed by atoms with E-state index in [1.165, 1.54) is 0 Å². The van der Waals surface area contributed by atoms with Crippen LogP contribution in [0.1, 0.15) is 39.5 Å². The van der Waals surface area contributed by atoms with Gasteiger partial charge in [0.1, 0.15) is 12.4 Å². The number of methoxy groups -OCH3 is 2. The van der Waals surface area contributed by atoms with Crippen molar-refractivity contribution in [1.29, 1.82) is 0 Å². The summed E-state index contributed by atoms with van der Waals surface area (Å²) in [6, 6.07) is 5.29. The van der Waals surface area contributed by atoms with Gasteiger partial charge in [-0.15, -0.1) is 0 Å². The first-order valence-corrected chi connectivity index (χ1v) is 12.8. The van der Waals surface area contributed by atoms with Gasteiger partial charge < -0.3 is 32.5 Å². The van der Waals surface area contributed by atoms with Crippen molar-refractivity contribution in [2.45, 2.75) is 40.1 Å². The zero-order valence-electron chi connectivity index (χ0n) is 18.6. The highest BCUT2D eigenvalue weighted by Gasteiger charge is 2.24. The monoisotopic (exact) mass is 484 g/mol. The van der Waals surface area contributed by atoms with Crippen LogP contribution in [0.3, 0.4) is 0 Å². The van der Waals surface area contributed by atoms with Crippen molar-refractivity contribution in [2.24, 2.45) is 5.92 Å². The second-order valence-electron chi connectivity index (χ2n) is 6.83. The van der Waals surface area contributed by atoms with Crippen LogP contribution in [0.5, 0.6) is 5.75 Å². The lowest BCUT2D eigenvalue weighted by molar-refractivity contribution is -0.105. The summed E-state index contributed by atoms with van der Waals surface area (Å²) in [5.41, 5.74) is 0.723. The standard InChI is InChI=1S/C20H34ClO7PS/c1-7-24-13-16(4)14-27-29(30,28-15(2)3)26-11-10-25-17-8-9-18(19(21)12-17)20(22-5)23-6/h8-9,12,15-16,20H,7,10-11,13-14H2,1-6H3. The van der Waals surface area contributed by atoms with Crippen molar-refractivity contribution in [3.05, 3.63) is 28.8 Å². The lowest BCUT2D eigenvalue weighted by Gasteiger charge is -2.25. The van der Waals surface area contributed by atoms with E-state index in [2.05, 4.69) is 0 Å². The van der Waals surface area contributed by atoms with Gasteiger partial charge in [0.05, 0.1) is 30.9 Å². The second kappa shape index (κ2) is 14.7. The van der Waals surface area contributed by atoms with Gasteiger partial charge in [-0.2, -0.15) is 0 Å². The Labute approximate surface area is 190 Å². The summed E-state index contributed by atoms with van der Waals surface area (Å²) in [5, 5.41) is 0.488. The zero-order valence-corrected chi connectivity index (χ0v) is 21.1. The fraction of sp³-hybridized carbons (Fsp3) is 0.700. The van der Waals surface area contributed by atoms with Crippen LogP contribution in [-0.4, -0.2) is 53.4 Å². The predicted octanol–water partition coefficient (Wildman–Crippen LogP) is 5.37. The summed E-state index contributed by atoms with van der Waals surface area (Å²) < 4.78 is 39.0. The number of hydrogen-bond donors (Lipinski definition) is 0. The number of rotatable bonds is 16. The third kappa shape index (κ3) is 10.4. The molecular formula is C20H34ClO7PS. The van der Waals surface area contributed by atoms with Crippen LogP contribution in [0, 0.1) is 5.92 Å². The predicted molar refractivity (Wildman–Crippen MR) is 122 cm³/mol. The molecule has 0 aliphatic rings. The first-order chi connectivity index (χ1) is 14.2. The molecule has 0 bridgehead atoms. The molecule has 0 aliphatic heterocycles. The molecule has 0 N–H and O–H groups in total. The van der Waals surface area contributed by atoms with Crippen LogP contribution in [-0.2, 0) is 39.6 Å². The average molecular weight is 485 g/mol. The molecule has 2 atom stereocenters. The molecule has 0 aliphatic carbocycles. The molecule has 30 heavy (non-hydrogen) atoms. The summed E-state index contributed by atoms with van der Waals surface area (Å²) in [7, 11) is 3.10. The van der Waals surface area contributed by atoms with E-state index in [4.69, 9.17) is 55.9 Å². The molecule has 1 aromatic carbocycles. The molecule has 1 aromatic rings. The molecule has 0 radical (unpaired) electrons. The van der Waals surface area contributed by atoms with E-state index < -0.39 is 13.0 Å². The van der Waals surface area contributed by atoms with Crippen molar-refractivity contribution in [1.82, 2.24) is 0 Å². The van der Waals surface area contributed by atoms with Crippen LogP contribution in [0.4, 0.5) is 0 Å². The maximum absolute atomic E-state index is 6.30. The van der Waals surface area contributed by atoms with Gasteiger partial charge in [-0.05, 0) is 50.8 Å². The van der Waals surface area contributed by atoms with Gasteiger partial charge in [-0.3, -0.25) is 0 Å². The van der Waals surface area contributed by atoms with E-state index in [0.717, 1.165) is 5.56 Å². The minimum Gasteiger partial charge on any atom is -0.491 e. The van der Waals surface area contributed by atoms with Crippen LogP contribution < -0.4 is 4.74 Å². The van der Waals surface area contributed by atoms with E-state index in [9.17, 15) is 0 Å². The largest absolute Gasteiger partial charge is 0.491 e. The highest BCUT2D eigenvalue weighted by Crippen LogP contribution is 2.51. The average Bonchev–Trinajstić information content (AvgIpc) is 2.70. The number of hydrogen-bond acceptors (Lipinski definition) is 8. The van der Waals surface area contributed by atoms with E-state index in [-0.39, 0.29) is 25.2 Å². The Morgan fingerprint density at radius 2 is 1.73 bits per heavy atom. The third-order valence-electron chi connectivity index (χ3n) is 3.72. The SMILES string of the molecule is CCOCC(C)COP(=S)(OCCOc1ccc(C(OC)OC)c(Cl)c1)OC(C)C. The summed E-state index contributed by atoms with van der Waals surface area (Å²) in [6.45, 7) is 7.05. The second-order valence-corrected chi connectivity index (χ2v) is 10.2. The summed E-state index contributed by atoms with van der Waals surface area (Å²) >= 11 is 11.8. The van der Waals surface area contributed by atoms with Gasteiger partial charge in [0.25, 0.3) is 0 Å². The molecule has 1 rings (SSSR count). The molecule has 174 valence electrons. The van der Waals surface area contributed by atoms with Gasteiger partial charge in [0, 0.05) is 32.3 Å². The van der Waals surface area contributed by atoms with Crippen LogP contribution >= 0.6 is 18.3 Å². The van der Waals surface area contributed by atoms with Gasteiger partial charge in [-0.25, -0.2) is 0 Å². The molecule has 7 nitrogen and oxygen atoms in total. The molecule has 0 spiro atoms. The van der Waals surface area contributed by atoms with Crippen LogP contribution in [0.2, 0.25) is 5.02 Å². The fourth-order valence-corrected chi connectivity index (χ4v) is 5.02. The van der Waals surface area contributed by atoms with Crippen molar-refractivity contribution in [2.75, 3.05) is 47.3 Å². The summed E-state index contributed by atoms with van der Waals surface area (Å²) in [4.78, 5) is 0. The number of ether oxygens (including phenoxy) is 4. The molecule has 2 unspecified atom stereocenters. The van der Waals surface area contributed by atoms with Crippen LogP contribution in [0.25, 0.3) is 0 Å². The van der Waals surface area contributed by atoms with Crippen LogP contribution in [0.15, 0.2) is 18.2 Å². The number of halogens is 1. The number of benzene rings is 1. The quantitative estimate of drug-likeness (QED) is 0.176. The Morgan fingerprint density at radius 3 is 2.30 bits per heavy atom. The molecular weight excluding hydrogens is 451 g/mol. The Morgan fingerprint density at radius 1 is 1.03 bits per heavy atom. The topological polar surface area (TPSA) is 64.6 Å². The lowest BCUT2D eigenvalue weighted by atomic mass is 10.2. The van der Waals surface area contributed by atoms with E-state index in [1.807, 2.05) is 27.7 Å². The van der Waals surface area contributed by atoms with E-state index in [1.54, 1.807) is 32.4 Å². The Bertz CT molecular complexity index is 658. The Balaban J connectivity index is 2.56. The van der Waals surface area contributed by atoms with Gasteiger partial charge in [0.2, 0.25) is 0 Å². The van der Waals surface area contributed by atoms with E-state index >= 15 is 0 Å². The maximum Gasteiger partial charge on any atom is 0.327 e. The molecule has 0 saturated heterocycles. The zero-order chi connectivity index (χ0) is 22.6. The first-order valence-electron chi connectivity index (χ1n) is 9.87. The van der Waals surface area contributed by atoms with E-state index in [0.29, 0.717) is 30.6 Å². The molecule has 0 amide bonds. The first kappa shape index (κ1) is 27.8. The molecule has 0 saturated carbocycles. The van der Waals surface area contributed by atoms with Gasteiger partial charge >= 0.3 is 6.72 Å². The lowest BCUT2D eigenvalue weighted by Crippen LogP contribution is -2.16. The summed E-state index contributed by atoms with van der Waals surface area (Å²) in [6.07, 6.45) is -0.643. The highest BCUT2D eigenvalue weighted by atomic mass is 35.5. The minimum absolute atomic E-state index is 0.111. The Hall–Kier alpha value is -0.280. The smallest absolute Gasteiger partial charge is 0.327 e. The van der Waals surface area contributed by atoms with Gasteiger partial charge in [-0.1, -0.05) is 18.5 Å². The molecule has 0 heterocycles. The summed E-state index contributed by atoms with van der Waals surface area (Å²) in [5.74, 6) is 0.786. The normalized spacial score (nSPS) is 14.8. The van der Waals surface area contributed by atoms with Crippen molar-refractivity contribution >= 4 is 30.1 Å². The molecule has 10 heteroatoms. The van der Waals surface area contributed by atoms with Crippen molar-refractivity contribution in [3.63, 3.8) is 0 Å². The third-order valence-corrected chi connectivity index (χ3v) is 6.58. The van der Waals surface area contributed by atoms with Crippen molar-refractivity contribution < 1.29 is 32.5 Å². The minimum atomic E-state index is -2.88. The Kier molecular flexibility index (Phi) is 13.6. The van der Waals surface area contributed by atoms with Gasteiger partial charge in [0.15, 0.2) is 6.29 Å². The maximum atomic E-state index is 6.30. The fourth-order valence-electron chi connectivity index (χ4n) is 2.39. The molecule has 0 aromatic heterocycles. The highest BCUT2D eigenvalue weighted by molar-refractivity contribution is 8.07.